The zero-order valence-corrected chi connectivity index (χ0v) is 13.7. The van der Waals surface area contributed by atoms with Gasteiger partial charge in [0.05, 0.1) is 12.7 Å². The summed E-state index contributed by atoms with van der Waals surface area (Å²) in [6.07, 6.45) is 2.77. The van der Waals surface area contributed by atoms with Crippen LogP contribution in [0.25, 0.3) is 0 Å². The minimum atomic E-state index is 0. The number of nitrogens with zero attached hydrogens (tertiary/aromatic N) is 1. The third-order valence-corrected chi connectivity index (χ3v) is 3.54. The van der Waals surface area contributed by atoms with Gasteiger partial charge in [-0.2, -0.15) is 0 Å². The smallest absolute Gasteiger partial charge is 0.0720 e. The van der Waals surface area contributed by atoms with E-state index in [1.54, 1.807) is 0 Å². The fourth-order valence-electron chi connectivity index (χ4n) is 2.36. The van der Waals surface area contributed by atoms with Gasteiger partial charge >= 0.3 is 0 Å². The van der Waals surface area contributed by atoms with Crippen LogP contribution in [0.15, 0.2) is 30.3 Å². The van der Waals surface area contributed by atoms with E-state index in [9.17, 15) is 0 Å². The molecule has 20 heavy (non-hydrogen) atoms. The maximum Gasteiger partial charge on any atom is 0.0720 e. The van der Waals surface area contributed by atoms with Crippen LogP contribution in [-0.4, -0.2) is 44.2 Å². The molecule has 1 heterocycles. The van der Waals surface area contributed by atoms with Crippen LogP contribution in [0.1, 0.15) is 18.4 Å². The average Bonchev–Trinajstić information content (AvgIpc) is 2.45. The molecule has 0 aliphatic carbocycles. The summed E-state index contributed by atoms with van der Waals surface area (Å²) in [6, 6.07) is 10.4. The minimum absolute atomic E-state index is 0. The summed E-state index contributed by atoms with van der Waals surface area (Å²) in [4.78, 5) is 2.51. The van der Waals surface area contributed by atoms with Gasteiger partial charge in [-0.3, -0.25) is 0 Å². The van der Waals surface area contributed by atoms with Gasteiger partial charge in [0, 0.05) is 26.2 Å². The fraction of sp³-hybridized carbons (Fsp3) is 0.600. The van der Waals surface area contributed by atoms with Crippen molar-refractivity contribution in [3.63, 3.8) is 0 Å². The molecule has 0 bridgehead atoms. The van der Waals surface area contributed by atoms with Crippen molar-refractivity contribution in [3.05, 3.63) is 35.9 Å². The second kappa shape index (κ2) is 11.4. The second-order valence-corrected chi connectivity index (χ2v) is 4.94. The zero-order valence-electron chi connectivity index (χ0n) is 12.1. The largest absolute Gasteiger partial charge is 0.373 e. The Morgan fingerprint density at radius 1 is 1.15 bits per heavy atom. The summed E-state index contributed by atoms with van der Waals surface area (Å²) in [5.74, 6) is 0. The lowest BCUT2D eigenvalue weighted by molar-refractivity contribution is -0.00209. The highest BCUT2D eigenvalue weighted by Gasteiger charge is 2.18. The normalized spacial score (nSPS) is 16.2. The maximum absolute atomic E-state index is 5.98. The Morgan fingerprint density at radius 2 is 1.80 bits per heavy atom. The van der Waals surface area contributed by atoms with Crippen LogP contribution in [0, 0.1) is 0 Å². The number of benzene rings is 1. The monoisotopic (exact) mass is 320 g/mol. The lowest BCUT2D eigenvalue weighted by Crippen LogP contribution is -2.40. The highest BCUT2D eigenvalue weighted by atomic mass is 35.5. The average molecular weight is 321 g/mol. The van der Waals surface area contributed by atoms with E-state index in [2.05, 4.69) is 34.5 Å². The van der Waals surface area contributed by atoms with Crippen molar-refractivity contribution in [3.8, 4) is 0 Å². The molecule has 0 radical (unpaired) electrons. The van der Waals surface area contributed by atoms with Crippen LogP contribution < -0.4 is 5.32 Å². The second-order valence-electron chi connectivity index (χ2n) is 4.94. The Labute approximate surface area is 134 Å². The molecule has 0 atom stereocenters. The first-order valence-corrected chi connectivity index (χ1v) is 6.91. The fourth-order valence-corrected chi connectivity index (χ4v) is 2.36. The zero-order chi connectivity index (χ0) is 12.6. The van der Waals surface area contributed by atoms with Gasteiger partial charge in [0.2, 0.25) is 0 Å². The van der Waals surface area contributed by atoms with Crippen molar-refractivity contribution in [1.82, 2.24) is 10.2 Å². The van der Waals surface area contributed by atoms with Crippen LogP contribution in [-0.2, 0) is 11.3 Å². The Morgan fingerprint density at radius 3 is 2.40 bits per heavy atom. The molecule has 0 saturated carbocycles. The first kappa shape index (κ1) is 19.7. The minimum Gasteiger partial charge on any atom is -0.373 e. The number of halogens is 2. The van der Waals surface area contributed by atoms with Gasteiger partial charge in [0.1, 0.15) is 0 Å². The third-order valence-electron chi connectivity index (χ3n) is 3.54. The lowest BCUT2D eigenvalue weighted by Gasteiger charge is -2.31. The lowest BCUT2D eigenvalue weighted by atomic mass is 10.1. The molecule has 0 aromatic heterocycles. The number of piperidine rings is 1. The predicted molar refractivity (Wildman–Crippen MR) is 89.1 cm³/mol. The van der Waals surface area contributed by atoms with E-state index < -0.39 is 0 Å². The summed E-state index contributed by atoms with van der Waals surface area (Å²) < 4.78 is 5.98. The molecule has 3 nitrogen and oxygen atoms in total. The van der Waals surface area contributed by atoms with Gasteiger partial charge in [-0.05, 0) is 25.5 Å². The van der Waals surface area contributed by atoms with Crippen LogP contribution in [0.4, 0.5) is 0 Å². The molecule has 1 aliphatic rings. The molecule has 1 N–H and O–H groups in total. The van der Waals surface area contributed by atoms with Crippen LogP contribution in [0.5, 0.6) is 0 Å². The van der Waals surface area contributed by atoms with Crippen molar-refractivity contribution in [1.29, 1.82) is 0 Å². The van der Waals surface area contributed by atoms with Gasteiger partial charge < -0.3 is 15.0 Å². The number of likely N-dealkylation sites (N-methyl/N-ethyl adjacent to an activating group) is 1. The molecule has 1 saturated heterocycles. The molecule has 2 rings (SSSR count). The van der Waals surface area contributed by atoms with E-state index in [-0.39, 0.29) is 24.8 Å². The van der Waals surface area contributed by atoms with Gasteiger partial charge in [-0.1, -0.05) is 30.3 Å². The summed E-state index contributed by atoms with van der Waals surface area (Å²) in [5.41, 5.74) is 1.27. The van der Waals surface area contributed by atoms with Crippen molar-refractivity contribution < 1.29 is 4.74 Å². The number of ether oxygens (including phenoxy) is 1. The summed E-state index contributed by atoms with van der Waals surface area (Å²) >= 11 is 0. The number of rotatable bonds is 6. The van der Waals surface area contributed by atoms with Gasteiger partial charge in [-0.15, -0.1) is 24.8 Å². The van der Waals surface area contributed by atoms with E-state index in [1.165, 1.54) is 18.7 Å². The van der Waals surface area contributed by atoms with Crippen molar-refractivity contribution in [2.75, 3.05) is 33.2 Å². The van der Waals surface area contributed by atoms with Gasteiger partial charge in [0.15, 0.2) is 0 Å². The molecule has 5 heteroatoms. The summed E-state index contributed by atoms with van der Waals surface area (Å²) in [7, 11) is 2.01. The third kappa shape index (κ3) is 6.91. The molecule has 1 aromatic carbocycles. The van der Waals surface area contributed by atoms with E-state index in [0.29, 0.717) is 6.10 Å². The molecular formula is C15H26Cl2N2O. The predicted octanol–water partition coefficient (Wildman–Crippen LogP) is 2.73. The first-order chi connectivity index (χ1) is 8.88. The molecular weight excluding hydrogens is 295 g/mol. The number of nitrogens with one attached hydrogen (secondary N) is 1. The highest BCUT2D eigenvalue weighted by molar-refractivity contribution is 5.85. The standard InChI is InChI=1S/C15H24N2O.2ClH/c1-16-9-12-17-10-7-15(8-11-17)18-13-14-5-3-2-4-6-14;;/h2-6,15-16H,7-13H2,1H3;2*1H. The molecule has 1 fully saturated rings. The number of hydrogen-bond acceptors (Lipinski definition) is 3. The molecule has 0 unspecified atom stereocenters. The highest BCUT2D eigenvalue weighted by Crippen LogP contribution is 2.15. The van der Waals surface area contributed by atoms with Crippen molar-refractivity contribution >= 4 is 24.8 Å². The Bertz CT molecular complexity index is 330. The van der Waals surface area contributed by atoms with E-state index in [0.717, 1.165) is 32.5 Å². The number of hydrogen-bond donors (Lipinski definition) is 1. The van der Waals surface area contributed by atoms with Crippen LogP contribution in [0.2, 0.25) is 0 Å². The van der Waals surface area contributed by atoms with Gasteiger partial charge in [0.25, 0.3) is 0 Å². The maximum atomic E-state index is 5.98. The van der Waals surface area contributed by atoms with E-state index in [1.807, 2.05) is 13.1 Å². The summed E-state index contributed by atoms with van der Waals surface area (Å²) in [6.45, 7) is 5.32. The van der Waals surface area contributed by atoms with Crippen molar-refractivity contribution in [2.45, 2.75) is 25.6 Å². The Balaban J connectivity index is 0.00000180. The summed E-state index contributed by atoms with van der Waals surface area (Å²) in [5, 5.41) is 3.20. The first-order valence-electron chi connectivity index (χ1n) is 6.91. The molecule has 1 aliphatic heterocycles. The topological polar surface area (TPSA) is 24.5 Å². The Kier molecular flexibility index (Phi) is 11.2. The molecule has 0 amide bonds. The van der Waals surface area contributed by atoms with E-state index in [4.69, 9.17) is 4.74 Å². The van der Waals surface area contributed by atoms with Gasteiger partial charge in [-0.25, -0.2) is 0 Å². The molecule has 1 aromatic rings. The van der Waals surface area contributed by atoms with Crippen LogP contribution >= 0.6 is 24.8 Å². The van der Waals surface area contributed by atoms with Crippen LogP contribution in [0.3, 0.4) is 0 Å². The molecule has 0 spiro atoms. The van der Waals surface area contributed by atoms with Crippen molar-refractivity contribution in [2.24, 2.45) is 0 Å². The van der Waals surface area contributed by atoms with E-state index >= 15 is 0 Å². The number of likely N-dealkylation sites (tertiary alicyclic amines) is 1. The molecule has 116 valence electrons. The SMILES string of the molecule is CNCCN1CCC(OCc2ccccc2)CC1.Cl.Cl. The Hall–Kier alpha value is -0.320. The quantitative estimate of drug-likeness (QED) is 0.872.